The fourth-order valence-electron chi connectivity index (χ4n) is 1.61. The SMILES string of the molecule is O=C(Nc1ncccc1OCCF)OCc1ccccc1. The van der Waals surface area contributed by atoms with Crippen LogP contribution in [0.2, 0.25) is 0 Å². The minimum absolute atomic E-state index is 0.0978. The number of halogens is 1. The fourth-order valence-corrected chi connectivity index (χ4v) is 1.61. The van der Waals surface area contributed by atoms with E-state index in [-0.39, 0.29) is 19.0 Å². The summed E-state index contributed by atoms with van der Waals surface area (Å²) in [5.41, 5.74) is 0.877. The molecule has 0 aliphatic rings. The number of benzene rings is 1. The molecule has 0 bridgehead atoms. The lowest BCUT2D eigenvalue weighted by Gasteiger charge is -2.10. The molecule has 6 heteroatoms. The first kappa shape index (κ1) is 14.8. The molecule has 0 radical (unpaired) electrons. The van der Waals surface area contributed by atoms with Gasteiger partial charge in [0.15, 0.2) is 11.6 Å². The molecule has 21 heavy (non-hydrogen) atoms. The molecule has 1 heterocycles. The van der Waals surface area contributed by atoms with Crippen molar-refractivity contribution in [1.82, 2.24) is 4.98 Å². The Morgan fingerprint density at radius 1 is 1.19 bits per heavy atom. The van der Waals surface area contributed by atoms with Crippen LogP contribution in [0.15, 0.2) is 48.7 Å². The van der Waals surface area contributed by atoms with Gasteiger partial charge in [0.25, 0.3) is 0 Å². The summed E-state index contributed by atoms with van der Waals surface area (Å²) in [5, 5.41) is 2.47. The van der Waals surface area contributed by atoms with Crippen molar-refractivity contribution in [2.24, 2.45) is 0 Å². The Bertz CT molecular complexity index is 578. The highest BCUT2D eigenvalue weighted by Gasteiger charge is 2.10. The molecule has 0 saturated heterocycles. The van der Waals surface area contributed by atoms with Gasteiger partial charge in [-0.15, -0.1) is 0 Å². The van der Waals surface area contributed by atoms with E-state index < -0.39 is 12.8 Å². The highest BCUT2D eigenvalue weighted by Crippen LogP contribution is 2.20. The number of ether oxygens (including phenoxy) is 2. The summed E-state index contributed by atoms with van der Waals surface area (Å²) in [5.74, 6) is 0.496. The average molecular weight is 290 g/mol. The van der Waals surface area contributed by atoms with Crippen molar-refractivity contribution in [2.75, 3.05) is 18.6 Å². The first-order valence-electron chi connectivity index (χ1n) is 6.41. The molecule has 1 aromatic heterocycles. The average Bonchev–Trinajstić information content (AvgIpc) is 2.53. The van der Waals surface area contributed by atoms with E-state index in [0.717, 1.165) is 5.56 Å². The van der Waals surface area contributed by atoms with Gasteiger partial charge in [-0.25, -0.2) is 14.2 Å². The normalized spacial score (nSPS) is 9.95. The molecule has 1 aromatic carbocycles. The maximum absolute atomic E-state index is 12.1. The zero-order valence-electron chi connectivity index (χ0n) is 11.3. The maximum Gasteiger partial charge on any atom is 0.413 e. The highest BCUT2D eigenvalue weighted by molar-refractivity contribution is 5.85. The predicted octanol–water partition coefficient (Wildman–Crippen LogP) is 3.18. The van der Waals surface area contributed by atoms with Crippen molar-refractivity contribution >= 4 is 11.9 Å². The number of nitrogens with one attached hydrogen (secondary N) is 1. The Balaban J connectivity index is 1.90. The van der Waals surface area contributed by atoms with E-state index in [1.165, 1.54) is 6.20 Å². The molecular weight excluding hydrogens is 275 g/mol. The summed E-state index contributed by atoms with van der Waals surface area (Å²) < 4.78 is 22.3. The largest absolute Gasteiger partial charge is 0.487 e. The van der Waals surface area contributed by atoms with Crippen molar-refractivity contribution in [3.8, 4) is 5.75 Å². The fraction of sp³-hybridized carbons (Fsp3) is 0.200. The van der Waals surface area contributed by atoms with E-state index in [1.807, 2.05) is 30.3 Å². The molecule has 0 unspecified atom stereocenters. The van der Waals surface area contributed by atoms with Gasteiger partial charge in [0.05, 0.1) is 0 Å². The molecule has 110 valence electrons. The molecule has 2 rings (SSSR count). The number of hydrogen-bond acceptors (Lipinski definition) is 4. The second-order valence-electron chi connectivity index (χ2n) is 4.07. The number of amides is 1. The van der Waals surface area contributed by atoms with E-state index in [0.29, 0.717) is 5.75 Å². The number of aromatic nitrogens is 1. The minimum Gasteiger partial charge on any atom is -0.487 e. The third-order valence-corrected chi connectivity index (χ3v) is 2.54. The number of alkyl halides is 1. The number of anilines is 1. The van der Waals surface area contributed by atoms with Gasteiger partial charge in [0.1, 0.15) is 19.9 Å². The van der Waals surface area contributed by atoms with E-state index in [1.54, 1.807) is 12.1 Å². The number of rotatable bonds is 6. The van der Waals surface area contributed by atoms with Crippen LogP contribution in [0.4, 0.5) is 15.0 Å². The molecule has 2 aromatic rings. The Morgan fingerprint density at radius 2 is 2.00 bits per heavy atom. The van der Waals surface area contributed by atoms with Gasteiger partial charge in [0.2, 0.25) is 0 Å². The topological polar surface area (TPSA) is 60.5 Å². The Hall–Kier alpha value is -2.63. The predicted molar refractivity (Wildman–Crippen MR) is 76.0 cm³/mol. The third-order valence-electron chi connectivity index (χ3n) is 2.54. The van der Waals surface area contributed by atoms with Crippen LogP contribution in [0.3, 0.4) is 0 Å². The van der Waals surface area contributed by atoms with E-state index >= 15 is 0 Å². The summed E-state index contributed by atoms with van der Waals surface area (Å²) in [6.07, 6.45) is 0.845. The van der Waals surface area contributed by atoms with Gasteiger partial charge < -0.3 is 9.47 Å². The van der Waals surface area contributed by atoms with E-state index in [2.05, 4.69) is 10.3 Å². The molecule has 0 atom stereocenters. The summed E-state index contributed by atoms with van der Waals surface area (Å²) >= 11 is 0. The molecule has 0 saturated carbocycles. The first-order chi connectivity index (χ1) is 10.3. The number of carbonyl (C=O) groups is 1. The van der Waals surface area contributed by atoms with Crippen LogP contribution < -0.4 is 10.1 Å². The molecule has 1 N–H and O–H groups in total. The highest BCUT2D eigenvalue weighted by atomic mass is 19.1. The van der Waals surface area contributed by atoms with Crippen molar-refractivity contribution in [2.45, 2.75) is 6.61 Å². The van der Waals surface area contributed by atoms with Crippen molar-refractivity contribution in [1.29, 1.82) is 0 Å². The summed E-state index contributed by atoms with van der Waals surface area (Å²) in [6, 6.07) is 12.5. The zero-order chi connectivity index (χ0) is 14.9. The standard InChI is InChI=1S/C15H15FN2O3/c16-8-10-20-13-7-4-9-17-14(13)18-15(19)21-11-12-5-2-1-3-6-12/h1-7,9H,8,10-11H2,(H,17,18,19). The second kappa shape index (κ2) is 7.84. The molecular formula is C15H15FN2O3. The second-order valence-corrected chi connectivity index (χ2v) is 4.07. The lowest BCUT2D eigenvalue weighted by atomic mass is 10.2. The molecule has 1 amide bonds. The van der Waals surface area contributed by atoms with Gasteiger partial charge in [-0.1, -0.05) is 30.3 Å². The van der Waals surface area contributed by atoms with Crippen LogP contribution in [0.25, 0.3) is 0 Å². The number of hydrogen-bond donors (Lipinski definition) is 1. The summed E-state index contributed by atoms with van der Waals surface area (Å²) in [4.78, 5) is 15.7. The summed E-state index contributed by atoms with van der Waals surface area (Å²) in [7, 11) is 0. The van der Waals surface area contributed by atoms with Gasteiger partial charge in [0, 0.05) is 6.20 Å². The van der Waals surface area contributed by atoms with Crippen LogP contribution in [0.5, 0.6) is 5.75 Å². The Morgan fingerprint density at radius 3 is 2.76 bits per heavy atom. The lowest BCUT2D eigenvalue weighted by Crippen LogP contribution is -2.15. The Labute approximate surface area is 121 Å². The van der Waals surface area contributed by atoms with Crippen molar-refractivity contribution in [3.05, 3.63) is 54.2 Å². The van der Waals surface area contributed by atoms with Crippen LogP contribution >= 0.6 is 0 Å². The van der Waals surface area contributed by atoms with E-state index in [4.69, 9.17) is 9.47 Å². The Kier molecular flexibility index (Phi) is 5.51. The molecule has 0 aliphatic carbocycles. The minimum atomic E-state index is -0.650. The van der Waals surface area contributed by atoms with Gasteiger partial charge in [-0.05, 0) is 17.7 Å². The molecule has 0 fully saturated rings. The van der Waals surface area contributed by atoms with Gasteiger partial charge >= 0.3 is 6.09 Å². The van der Waals surface area contributed by atoms with Crippen molar-refractivity contribution < 1.29 is 18.7 Å². The molecule has 0 aliphatic heterocycles. The third kappa shape index (κ3) is 4.76. The number of pyridine rings is 1. The van der Waals surface area contributed by atoms with Crippen LogP contribution in [-0.2, 0) is 11.3 Å². The monoisotopic (exact) mass is 290 g/mol. The smallest absolute Gasteiger partial charge is 0.413 e. The number of carbonyl (C=O) groups excluding carboxylic acids is 1. The van der Waals surface area contributed by atoms with E-state index in [9.17, 15) is 9.18 Å². The molecule has 5 nitrogen and oxygen atoms in total. The quantitative estimate of drug-likeness (QED) is 0.887. The van der Waals surface area contributed by atoms with Gasteiger partial charge in [-0.3, -0.25) is 5.32 Å². The van der Waals surface area contributed by atoms with Gasteiger partial charge in [-0.2, -0.15) is 0 Å². The first-order valence-corrected chi connectivity index (χ1v) is 6.41. The van der Waals surface area contributed by atoms with Crippen LogP contribution in [0, 0.1) is 0 Å². The molecule has 0 spiro atoms. The van der Waals surface area contributed by atoms with Crippen LogP contribution in [0.1, 0.15) is 5.56 Å². The van der Waals surface area contributed by atoms with Crippen molar-refractivity contribution in [3.63, 3.8) is 0 Å². The van der Waals surface area contributed by atoms with Crippen LogP contribution in [-0.4, -0.2) is 24.4 Å². The lowest BCUT2D eigenvalue weighted by molar-refractivity contribution is 0.155. The summed E-state index contributed by atoms with van der Waals surface area (Å²) in [6.45, 7) is -0.563. The zero-order valence-corrected chi connectivity index (χ0v) is 11.3. The maximum atomic E-state index is 12.1. The number of nitrogens with zero attached hydrogens (tertiary/aromatic N) is 1.